The van der Waals surface area contributed by atoms with E-state index in [0.29, 0.717) is 24.2 Å². The SMILES string of the molecule is CC(C)NC(=O)Nc1cccc(C(=O)N[C@@H](C)CN2CCCC2=O)c1. The average Bonchev–Trinajstić information content (AvgIpc) is 2.91. The molecule has 1 atom stereocenters. The molecule has 1 aromatic carbocycles. The largest absolute Gasteiger partial charge is 0.348 e. The molecule has 25 heavy (non-hydrogen) atoms. The zero-order chi connectivity index (χ0) is 18.4. The van der Waals surface area contributed by atoms with E-state index in [2.05, 4.69) is 16.0 Å². The Morgan fingerprint density at radius 2 is 1.96 bits per heavy atom. The van der Waals surface area contributed by atoms with Crippen molar-refractivity contribution in [2.75, 3.05) is 18.4 Å². The number of amides is 4. The van der Waals surface area contributed by atoms with Gasteiger partial charge in [-0.2, -0.15) is 0 Å². The van der Waals surface area contributed by atoms with E-state index in [9.17, 15) is 14.4 Å². The van der Waals surface area contributed by atoms with Crippen molar-refractivity contribution in [1.82, 2.24) is 15.5 Å². The Kier molecular flexibility index (Phi) is 6.38. The maximum atomic E-state index is 12.4. The molecule has 0 unspecified atom stereocenters. The smallest absolute Gasteiger partial charge is 0.319 e. The first kappa shape index (κ1) is 18.8. The van der Waals surface area contributed by atoms with Crippen LogP contribution in [0.1, 0.15) is 44.0 Å². The number of carbonyl (C=O) groups is 3. The van der Waals surface area contributed by atoms with Crippen molar-refractivity contribution in [3.8, 4) is 0 Å². The summed E-state index contributed by atoms with van der Waals surface area (Å²) in [6.07, 6.45) is 1.47. The zero-order valence-electron chi connectivity index (χ0n) is 15.0. The minimum Gasteiger partial charge on any atom is -0.348 e. The van der Waals surface area contributed by atoms with Crippen LogP contribution in [0.15, 0.2) is 24.3 Å². The van der Waals surface area contributed by atoms with E-state index in [1.807, 2.05) is 20.8 Å². The maximum absolute atomic E-state index is 12.4. The Bertz CT molecular complexity index is 645. The first-order valence-electron chi connectivity index (χ1n) is 8.61. The number of hydrogen-bond donors (Lipinski definition) is 3. The summed E-state index contributed by atoms with van der Waals surface area (Å²) in [6, 6.07) is 6.33. The summed E-state index contributed by atoms with van der Waals surface area (Å²) in [5.74, 6) is -0.0875. The van der Waals surface area contributed by atoms with Crippen LogP contribution in [-0.2, 0) is 4.79 Å². The molecular formula is C18H26N4O3. The van der Waals surface area contributed by atoms with Crippen molar-refractivity contribution in [3.63, 3.8) is 0 Å². The summed E-state index contributed by atoms with van der Waals surface area (Å²) in [7, 11) is 0. The number of likely N-dealkylation sites (tertiary alicyclic amines) is 1. The second-order valence-corrected chi connectivity index (χ2v) is 6.65. The summed E-state index contributed by atoms with van der Waals surface area (Å²) in [5, 5.41) is 8.33. The second kappa shape index (κ2) is 8.50. The Labute approximate surface area is 148 Å². The quantitative estimate of drug-likeness (QED) is 0.735. The summed E-state index contributed by atoms with van der Waals surface area (Å²) in [5.41, 5.74) is 1.01. The number of nitrogens with one attached hydrogen (secondary N) is 3. The van der Waals surface area contributed by atoms with Gasteiger partial charge in [0.1, 0.15) is 0 Å². The van der Waals surface area contributed by atoms with E-state index in [0.717, 1.165) is 13.0 Å². The first-order chi connectivity index (χ1) is 11.8. The Morgan fingerprint density at radius 1 is 1.20 bits per heavy atom. The van der Waals surface area contributed by atoms with Crippen LogP contribution < -0.4 is 16.0 Å². The monoisotopic (exact) mass is 346 g/mol. The molecule has 1 aliphatic rings. The van der Waals surface area contributed by atoms with E-state index < -0.39 is 0 Å². The second-order valence-electron chi connectivity index (χ2n) is 6.65. The van der Waals surface area contributed by atoms with Gasteiger partial charge in [-0.15, -0.1) is 0 Å². The van der Waals surface area contributed by atoms with Gasteiger partial charge in [0.15, 0.2) is 0 Å². The molecule has 0 aliphatic carbocycles. The van der Waals surface area contributed by atoms with Gasteiger partial charge in [0.2, 0.25) is 5.91 Å². The molecule has 7 heteroatoms. The van der Waals surface area contributed by atoms with Crippen molar-refractivity contribution >= 4 is 23.5 Å². The predicted octanol–water partition coefficient (Wildman–Crippen LogP) is 1.96. The van der Waals surface area contributed by atoms with Gasteiger partial charge in [0, 0.05) is 42.8 Å². The van der Waals surface area contributed by atoms with Crippen LogP contribution in [0, 0.1) is 0 Å². The van der Waals surface area contributed by atoms with E-state index >= 15 is 0 Å². The van der Waals surface area contributed by atoms with Gasteiger partial charge in [0.05, 0.1) is 0 Å². The molecule has 1 saturated heterocycles. The fourth-order valence-electron chi connectivity index (χ4n) is 2.75. The van der Waals surface area contributed by atoms with Gasteiger partial charge in [-0.25, -0.2) is 4.79 Å². The van der Waals surface area contributed by atoms with Gasteiger partial charge >= 0.3 is 6.03 Å². The highest BCUT2D eigenvalue weighted by Crippen LogP contribution is 2.12. The van der Waals surface area contributed by atoms with Crippen LogP contribution in [-0.4, -0.2) is 47.9 Å². The van der Waals surface area contributed by atoms with Crippen molar-refractivity contribution in [2.45, 2.75) is 45.7 Å². The third-order valence-corrected chi connectivity index (χ3v) is 3.85. The lowest BCUT2D eigenvalue weighted by Gasteiger charge is -2.21. The summed E-state index contributed by atoms with van der Waals surface area (Å²) < 4.78 is 0. The van der Waals surface area contributed by atoms with Gasteiger partial charge in [-0.05, 0) is 45.4 Å². The first-order valence-corrected chi connectivity index (χ1v) is 8.61. The molecule has 1 aromatic rings. The van der Waals surface area contributed by atoms with Crippen molar-refractivity contribution < 1.29 is 14.4 Å². The minimum absolute atomic E-state index is 0.0284. The molecule has 0 saturated carbocycles. The summed E-state index contributed by atoms with van der Waals surface area (Å²) in [6.45, 7) is 6.89. The highest BCUT2D eigenvalue weighted by molar-refractivity contribution is 5.97. The fraction of sp³-hybridized carbons (Fsp3) is 0.500. The molecule has 1 heterocycles. The number of urea groups is 1. The topological polar surface area (TPSA) is 90.5 Å². The normalized spacial score (nSPS) is 15.2. The fourth-order valence-corrected chi connectivity index (χ4v) is 2.75. The number of benzene rings is 1. The zero-order valence-corrected chi connectivity index (χ0v) is 15.0. The lowest BCUT2D eigenvalue weighted by Crippen LogP contribution is -2.42. The highest BCUT2D eigenvalue weighted by atomic mass is 16.2. The molecule has 0 spiro atoms. The van der Waals surface area contributed by atoms with Crippen molar-refractivity contribution in [1.29, 1.82) is 0 Å². The molecule has 1 aliphatic heterocycles. The lowest BCUT2D eigenvalue weighted by atomic mass is 10.1. The predicted molar refractivity (Wildman–Crippen MR) is 96.5 cm³/mol. The number of rotatable bonds is 6. The Morgan fingerprint density at radius 3 is 2.60 bits per heavy atom. The maximum Gasteiger partial charge on any atom is 0.319 e. The number of anilines is 1. The standard InChI is InChI=1S/C18H26N4O3/c1-12(2)19-18(25)21-15-7-4-6-14(10-15)17(24)20-13(3)11-22-9-5-8-16(22)23/h4,6-7,10,12-13H,5,8-9,11H2,1-3H3,(H,20,24)(H2,19,21,25)/t13-/m0/s1. The molecule has 0 aromatic heterocycles. The number of nitrogens with zero attached hydrogens (tertiary/aromatic N) is 1. The molecule has 7 nitrogen and oxygen atoms in total. The molecule has 136 valence electrons. The van der Waals surface area contributed by atoms with Gasteiger partial charge in [-0.1, -0.05) is 6.07 Å². The highest BCUT2D eigenvalue weighted by Gasteiger charge is 2.22. The van der Waals surface area contributed by atoms with Crippen LogP contribution in [0.4, 0.5) is 10.5 Å². The van der Waals surface area contributed by atoms with Crippen molar-refractivity contribution in [3.05, 3.63) is 29.8 Å². The van der Waals surface area contributed by atoms with Gasteiger partial charge in [0.25, 0.3) is 5.91 Å². The third-order valence-electron chi connectivity index (χ3n) is 3.85. The van der Waals surface area contributed by atoms with E-state index in [1.54, 1.807) is 29.2 Å². The molecule has 0 radical (unpaired) electrons. The van der Waals surface area contributed by atoms with Crippen LogP contribution in [0.3, 0.4) is 0 Å². The third kappa shape index (κ3) is 5.77. The number of hydrogen-bond acceptors (Lipinski definition) is 3. The van der Waals surface area contributed by atoms with Crippen LogP contribution >= 0.6 is 0 Å². The van der Waals surface area contributed by atoms with E-state index in [-0.39, 0.29) is 29.9 Å². The summed E-state index contributed by atoms with van der Waals surface area (Å²) >= 11 is 0. The van der Waals surface area contributed by atoms with Crippen LogP contribution in [0.2, 0.25) is 0 Å². The molecule has 4 amide bonds. The van der Waals surface area contributed by atoms with E-state index in [1.165, 1.54) is 0 Å². The van der Waals surface area contributed by atoms with E-state index in [4.69, 9.17) is 0 Å². The van der Waals surface area contributed by atoms with Crippen LogP contribution in [0.5, 0.6) is 0 Å². The minimum atomic E-state index is -0.312. The summed E-state index contributed by atoms with van der Waals surface area (Å²) in [4.78, 5) is 37.6. The molecule has 1 fully saturated rings. The molecular weight excluding hydrogens is 320 g/mol. The number of carbonyl (C=O) groups excluding carboxylic acids is 3. The molecule has 2 rings (SSSR count). The van der Waals surface area contributed by atoms with Gasteiger partial charge < -0.3 is 20.9 Å². The van der Waals surface area contributed by atoms with Crippen LogP contribution in [0.25, 0.3) is 0 Å². The Balaban J connectivity index is 1.91. The average molecular weight is 346 g/mol. The lowest BCUT2D eigenvalue weighted by molar-refractivity contribution is -0.127. The molecule has 0 bridgehead atoms. The molecule has 3 N–H and O–H groups in total. The van der Waals surface area contributed by atoms with Gasteiger partial charge in [-0.3, -0.25) is 9.59 Å². The van der Waals surface area contributed by atoms with Crippen molar-refractivity contribution in [2.24, 2.45) is 0 Å². The Hall–Kier alpha value is -2.57.